The van der Waals surface area contributed by atoms with Gasteiger partial charge in [0.2, 0.25) is 5.95 Å². The highest BCUT2D eigenvalue weighted by molar-refractivity contribution is 6.15. The van der Waals surface area contributed by atoms with Gasteiger partial charge in [0.25, 0.3) is 17.5 Å². The second-order valence-electron chi connectivity index (χ2n) is 6.99. The first-order valence-corrected chi connectivity index (χ1v) is 10.1. The van der Waals surface area contributed by atoms with Crippen LogP contribution in [0.2, 0.25) is 0 Å². The Morgan fingerprint density at radius 1 is 1.00 bits per heavy atom. The van der Waals surface area contributed by atoms with Crippen LogP contribution in [0.1, 0.15) is 10.4 Å². The average Bonchev–Trinajstić information content (AvgIpc) is 3.31. The average molecular weight is 462 g/mol. The molecular formula is C23H14N10O2. The molecule has 1 amide bonds. The van der Waals surface area contributed by atoms with Crippen molar-refractivity contribution >= 4 is 39.8 Å². The lowest BCUT2D eigenvalue weighted by molar-refractivity contribution is 0.102. The summed E-state index contributed by atoms with van der Waals surface area (Å²) in [5.74, 6) is -0.662. The summed E-state index contributed by atoms with van der Waals surface area (Å²) in [6.45, 7) is 7.41. The van der Waals surface area contributed by atoms with Crippen molar-refractivity contribution in [1.82, 2.24) is 29.7 Å². The van der Waals surface area contributed by atoms with Gasteiger partial charge < -0.3 is 5.11 Å². The second kappa shape index (κ2) is 9.12. The SMILES string of the molecule is [C-]#[N+]c1cnn(-c2ncccn2)c1N=Nc1cc2ccccc2c(C(=O)Nc2ncccn2)c1O. The molecule has 2 N–H and O–H groups in total. The number of carbonyl (C=O) groups is 1. The monoisotopic (exact) mass is 462 g/mol. The molecule has 0 radical (unpaired) electrons. The molecule has 0 bridgehead atoms. The Hall–Kier alpha value is -5.57. The van der Waals surface area contributed by atoms with Gasteiger partial charge in [0.05, 0.1) is 18.3 Å². The molecule has 35 heavy (non-hydrogen) atoms. The van der Waals surface area contributed by atoms with Crippen molar-refractivity contribution in [3.05, 3.63) is 90.4 Å². The number of aromatic nitrogens is 6. The van der Waals surface area contributed by atoms with Crippen LogP contribution in [0.3, 0.4) is 0 Å². The molecule has 2 aromatic carbocycles. The molecule has 12 heteroatoms. The van der Waals surface area contributed by atoms with Gasteiger partial charge in [-0.15, -0.1) is 10.2 Å². The lowest BCUT2D eigenvalue weighted by Gasteiger charge is -2.11. The summed E-state index contributed by atoms with van der Waals surface area (Å²) < 4.78 is 1.26. The first-order chi connectivity index (χ1) is 17.2. The molecular weight excluding hydrogens is 448 g/mol. The number of nitrogens with zero attached hydrogens (tertiary/aromatic N) is 9. The van der Waals surface area contributed by atoms with Gasteiger partial charge in [0.15, 0.2) is 11.6 Å². The number of phenolic OH excluding ortho intramolecular Hbond substituents is 1. The van der Waals surface area contributed by atoms with Crippen LogP contribution in [0, 0.1) is 6.57 Å². The number of hydrogen-bond acceptors (Lipinski definition) is 9. The largest absolute Gasteiger partial charge is 0.505 e. The van der Waals surface area contributed by atoms with Crippen LogP contribution >= 0.6 is 0 Å². The van der Waals surface area contributed by atoms with Gasteiger partial charge in [0.1, 0.15) is 5.69 Å². The molecule has 5 rings (SSSR count). The Bertz CT molecular complexity index is 1610. The first-order valence-electron chi connectivity index (χ1n) is 10.1. The van der Waals surface area contributed by atoms with E-state index in [1.54, 1.807) is 42.5 Å². The highest BCUT2D eigenvalue weighted by Crippen LogP contribution is 2.39. The summed E-state index contributed by atoms with van der Waals surface area (Å²) in [5.41, 5.74) is 0.107. The third-order valence-electron chi connectivity index (χ3n) is 4.86. The minimum atomic E-state index is -0.619. The fourth-order valence-corrected chi connectivity index (χ4v) is 3.31. The fraction of sp³-hybridized carbons (Fsp3) is 0. The van der Waals surface area contributed by atoms with Crippen LogP contribution in [-0.2, 0) is 0 Å². The predicted octanol–water partition coefficient (Wildman–Crippen LogP) is 4.53. The molecule has 0 saturated heterocycles. The van der Waals surface area contributed by atoms with E-state index in [1.807, 2.05) is 0 Å². The minimum Gasteiger partial charge on any atom is -0.505 e. The summed E-state index contributed by atoms with van der Waals surface area (Å²) in [7, 11) is 0. The maximum absolute atomic E-state index is 13.1. The number of nitrogens with one attached hydrogen (secondary N) is 1. The molecule has 3 aromatic heterocycles. The third-order valence-corrected chi connectivity index (χ3v) is 4.86. The minimum absolute atomic E-state index is 0.0143. The predicted molar refractivity (Wildman–Crippen MR) is 125 cm³/mol. The zero-order valence-electron chi connectivity index (χ0n) is 17.8. The number of azo groups is 1. The molecule has 0 aliphatic carbocycles. The van der Waals surface area contributed by atoms with Crippen molar-refractivity contribution in [2.24, 2.45) is 10.2 Å². The van der Waals surface area contributed by atoms with Gasteiger partial charge in [-0.2, -0.15) is 9.78 Å². The van der Waals surface area contributed by atoms with Crippen LogP contribution in [0.25, 0.3) is 21.6 Å². The normalized spacial score (nSPS) is 10.9. The molecule has 0 unspecified atom stereocenters. The number of benzene rings is 2. The van der Waals surface area contributed by atoms with E-state index >= 15 is 0 Å². The lowest BCUT2D eigenvalue weighted by atomic mass is 10.0. The number of hydrogen-bond donors (Lipinski definition) is 2. The molecule has 0 aliphatic rings. The highest BCUT2D eigenvalue weighted by atomic mass is 16.3. The van der Waals surface area contributed by atoms with E-state index in [2.05, 4.69) is 45.4 Å². The molecule has 3 heterocycles. The van der Waals surface area contributed by atoms with Gasteiger partial charge in [-0.05, 0) is 29.0 Å². The molecule has 0 fully saturated rings. The quantitative estimate of drug-likeness (QED) is 0.288. The summed E-state index contributed by atoms with van der Waals surface area (Å²) in [5, 5.41) is 27.1. The topological polar surface area (TPSA) is 148 Å². The van der Waals surface area contributed by atoms with Gasteiger partial charge in [-0.3, -0.25) is 10.1 Å². The molecule has 12 nitrogen and oxygen atoms in total. The molecule has 5 aromatic rings. The summed E-state index contributed by atoms with van der Waals surface area (Å²) in [6, 6.07) is 11.9. The number of phenols is 1. The Kier molecular flexibility index (Phi) is 5.55. The number of anilines is 1. The van der Waals surface area contributed by atoms with Crippen molar-refractivity contribution in [2.75, 3.05) is 5.32 Å². The van der Waals surface area contributed by atoms with Gasteiger partial charge >= 0.3 is 0 Å². The smallest absolute Gasteiger partial charge is 0.262 e. The Morgan fingerprint density at radius 2 is 1.71 bits per heavy atom. The molecule has 168 valence electrons. The van der Waals surface area contributed by atoms with Crippen molar-refractivity contribution in [3.63, 3.8) is 0 Å². The van der Waals surface area contributed by atoms with E-state index in [9.17, 15) is 9.90 Å². The van der Waals surface area contributed by atoms with E-state index in [0.29, 0.717) is 10.8 Å². The first kappa shape index (κ1) is 21.3. The van der Waals surface area contributed by atoms with E-state index in [0.717, 1.165) is 0 Å². The summed E-state index contributed by atoms with van der Waals surface area (Å²) in [4.78, 5) is 32.7. The van der Waals surface area contributed by atoms with Crippen molar-refractivity contribution in [3.8, 4) is 11.7 Å². The van der Waals surface area contributed by atoms with Crippen molar-refractivity contribution in [2.45, 2.75) is 0 Å². The Labute approximate surface area is 197 Å². The molecule has 0 atom stereocenters. The lowest BCUT2D eigenvalue weighted by Crippen LogP contribution is -2.14. The Balaban J connectivity index is 1.60. The second-order valence-corrected chi connectivity index (χ2v) is 6.99. The van der Waals surface area contributed by atoms with Gasteiger partial charge in [-0.1, -0.05) is 24.3 Å². The van der Waals surface area contributed by atoms with Crippen LogP contribution in [0.15, 0.2) is 83.7 Å². The van der Waals surface area contributed by atoms with Gasteiger partial charge in [0, 0.05) is 24.8 Å². The number of rotatable bonds is 5. The number of aromatic hydroxyl groups is 1. The van der Waals surface area contributed by atoms with Crippen LogP contribution in [0.4, 0.5) is 23.1 Å². The van der Waals surface area contributed by atoms with Crippen molar-refractivity contribution < 1.29 is 9.90 Å². The fourth-order valence-electron chi connectivity index (χ4n) is 3.31. The number of amides is 1. The van der Waals surface area contributed by atoms with E-state index in [1.165, 1.54) is 35.7 Å². The van der Waals surface area contributed by atoms with E-state index < -0.39 is 11.7 Å². The Morgan fingerprint density at radius 3 is 2.46 bits per heavy atom. The molecule has 0 saturated carbocycles. The summed E-state index contributed by atoms with van der Waals surface area (Å²) >= 11 is 0. The summed E-state index contributed by atoms with van der Waals surface area (Å²) in [6.07, 6.45) is 7.34. The standard InChI is InChI=1S/C23H14N10O2/c1-24-17-13-29-33(23-27-10-5-11-28-23)20(17)32-31-16-12-14-6-2-3-7-15(14)18(19(16)34)21(35)30-22-25-8-4-9-26-22/h2-13,34H,(H,25,26,30,35). The molecule has 0 spiro atoms. The zero-order chi connectivity index (χ0) is 24.2. The third kappa shape index (κ3) is 4.12. The highest BCUT2D eigenvalue weighted by Gasteiger charge is 2.21. The van der Waals surface area contributed by atoms with Gasteiger partial charge in [-0.25, -0.2) is 24.8 Å². The maximum atomic E-state index is 13.1. The number of fused-ring (bicyclic) bond motifs is 1. The maximum Gasteiger partial charge on any atom is 0.262 e. The van der Waals surface area contributed by atoms with E-state index in [-0.39, 0.29) is 34.7 Å². The number of carbonyl (C=O) groups excluding carboxylic acids is 1. The van der Waals surface area contributed by atoms with Crippen LogP contribution in [0.5, 0.6) is 5.75 Å². The van der Waals surface area contributed by atoms with E-state index in [4.69, 9.17) is 6.57 Å². The zero-order valence-corrected chi connectivity index (χ0v) is 17.8. The van der Waals surface area contributed by atoms with Crippen molar-refractivity contribution in [1.29, 1.82) is 0 Å². The van der Waals surface area contributed by atoms with Crippen LogP contribution in [-0.4, -0.2) is 40.7 Å². The molecule has 0 aliphatic heterocycles. The van der Waals surface area contributed by atoms with Crippen LogP contribution < -0.4 is 5.32 Å².